The molecule has 7 heteroatoms. The first-order chi connectivity index (χ1) is 12.5. The topological polar surface area (TPSA) is 58.1 Å². The predicted octanol–water partition coefficient (Wildman–Crippen LogP) is 3.58. The fraction of sp³-hybridized carbons (Fsp3) is 0.211. The lowest BCUT2D eigenvalue weighted by Crippen LogP contribution is -2.21. The van der Waals surface area contributed by atoms with Crippen LogP contribution in [0.25, 0.3) is 0 Å². The summed E-state index contributed by atoms with van der Waals surface area (Å²) in [5.41, 5.74) is 2.71. The second kappa shape index (κ2) is 8.05. The zero-order valence-electron chi connectivity index (χ0n) is 14.6. The highest BCUT2D eigenvalue weighted by Crippen LogP contribution is 2.19. The summed E-state index contributed by atoms with van der Waals surface area (Å²) in [6, 6.07) is 13.9. The first kappa shape index (κ1) is 18.0. The van der Waals surface area contributed by atoms with Crippen LogP contribution in [0.2, 0.25) is 0 Å². The smallest absolute Gasteiger partial charge is 0.253 e. The maximum atomic E-state index is 12.9. The number of aromatic nitrogens is 2. The van der Waals surface area contributed by atoms with E-state index in [-0.39, 0.29) is 11.7 Å². The molecule has 0 atom stereocenters. The normalized spacial score (nSPS) is 10.6. The Labute approximate surface area is 155 Å². The fourth-order valence-electron chi connectivity index (χ4n) is 2.37. The van der Waals surface area contributed by atoms with Crippen LogP contribution in [0.4, 0.5) is 9.52 Å². The van der Waals surface area contributed by atoms with Crippen molar-refractivity contribution in [2.45, 2.75) is 13.0 Å². The molecule has 0 aliphatic carbocycles. The molecule has 0 bridgehead atoms. The largest absolute Gasteiger partial charge is 0.356 e. The number of hydrogen-bond acceptors (Lipinski definition) is 5. The van der Waals surface area contributed by atoms with Crippen LogP contribution in [0.5, 0.6) is 0 Å². The molecule has 3 rings (SSSR count). The minimum absolute atomic E-state index is 0.0148. The van der Waals surface area contributed by atoms with Crippen molar-refractivity contribution in [1.29, 1.82) is 0 Å². The van der Waals surface area contributed by atoms with Crippen molar-refractivity contribution in [2.75, 3.05) is 19.4 Å². The Hall–Kier alpha value is -2.80. The zero-order valence-corrected chi connectivity index (χ0v) is 15.4. The summed E-state index contributed by atoms with van der Waals surface area (Å²) < 4.78 is 12.9. The first-order valence-corrected chi connectivity index (χ1v) is 8.94. The average Bonchev–Trinajstić information content (AvgIpc) is 3.09. The highest BCUT2D eigenvalue weighted by Gasteiger charge is 2.08. The van der Waals surface area contributed by atoms with E-state index < -0.39 is 0 Å². The Bertz CT molecular complexity index is 875. The van der Waals surface area contributed by atoms with E-state index in [9.17, 15) is 9.18 Å². The van der Waals surface area contributed by atoms with Gasteiger partial charge in [0.2, 0.25) is 5.13 Å². The molecule has 3 aromatic rings. The van der Waals surface area contributed by atoms with Gasteiger partial charge >= 0.3 is 0 Å². The summed E-state index contributed by atoms with van der Waals surface area (Å²) in [7, 11) is 3.47. The van der Waals surface area contributed by atoms with Gasteiger partial charge in [-0.05, 0) is 35.4 Å². The lowest BCUT2D eigenvalue weighted by Gasteiger charge is -2.10. The van der Waals surface area contributed by atoms with Crippen LogP contribution in [-0.2, 0) is 13.0 Å². The van der Waals surface area contributed by atoms with Crippen molar-refractivity contribution in [1.82, 2.24) is 15.1 Å². The molecule has 1 N–H and O–H groups in total. The number of benzene rings is 2. The van der Waals surface area contributed by atoms with Crippen LogP contribution in [0.3, 0.4) is 0 Å². The maximum Gasteiger partial charge on any atom is 0.253 e. The summed E-state index contributed by atoms with van der Waals surface area (Å²) >= 11 is 1.48. The van der Waals surface area contributed by atoms with Crippen molar-refractivity contribution in [3.05, 3.63) is 76.0 Å². The Morgan fingerprint density at radius 3 is 2.35 bits per heavy atom. The summed E-state index contributed by atoms with van der Waals surface area (Å²) in [5, 5.41) is 13.1. The van der Waals surface area contributed by atoms with Gasteiger partial charge in [-0.3, -0.25) is 4.79 Å². The fourth-order valence-corrected chi connectivity index (χ4v) is 3.14. The van der Waals surface area contributed by atoms with E-state index in [1.807, 2.05) is 24.3 Å². The van der Waals surface area contributed by atoms with Gasteiger partial charge in [-0.15, -0.1) is 10.2 Å². The first-order valence-electron chi connectivity index (χ1n) is 8.12. The van der Waals surface area contributed by atoms with E-state index in [2.05, 4.69) is 15.5 Å². The summed E-state index contributed by atoms with van der Waals surface area (Å²) in [5.74, 6) is -0.259. The summed E-state index contributed by atoms with van der Waals surface area (Å²) in [6.45, 7) is 0.599. The molecule has 0 fully saturated rings. The van der Waals surface area contributed by atoms with Gasteiger partial charge in [-0.2, -0.15) is 0 Å². The van der Waals surface area contributed by atoms with Crippen molar-refractivity contribution >= 4 is 22.4 Å². The Kier molecular flexibility index (Phi) is 5.58. The van der Waals surface area contributed by atoms with Crippen LogP contribution < -0.4 is 5.32 Å². The molecule has 1 aromatic heterocycles. The second-order valence-electron chi connectivity index (χ2n) is 6.05. The van der Waals surface area contributed by atoms with Crippen LogP contribution >= 0.6 is 11.3 Å². The molecular formula is C19H19FN4OS. The van der Waals surface area contributed by atoms with Gasteiger partial charge < -0.3 is 10.2 Å². The highest BCUT2D eigenvalue weighted by atomic mass is 32.1. The molecule has 0 spiro atoms. The molecule has 134 valence electrons. The summed E-state index contributed by atoms with van der Waals surface area (Å²) in [6.07, 6.45) is 0.626. The molecule has 2 aromatic carbocycles. The van der Waals surface area contributed by atoms with Gasteiger partial charge in [-0.1, -0.05) is 35.6 Å². The number of nitrogens with one attached hydrogen (secondary N) is 1. The Balaban J connectivity index is 1.56. The molecule has 1 amide bonds. The van der Waals surface area contributed by atoms with Crippen LogP contribution in [0.1, 0.15) is 26.5 Å². The minimum Gasteiger partial charge on any atom is -0.356 e. The number of rotatable bonds is 6. The minimum atomic E-state index is -0.244. The van der Waals surface area contributed by atoms with E-state index >= 15 is 0 Å². The third kappa shape index (κ3) is 4.64. The number of hydrogen-bond donors (Lipinski definition) is 1. The molecule has 0 saturated heterocycles. The second-order valence-corrected chi connectivity index (χ2v) is 7.12. The number of carbonyl (C=O) groups is 1. The van der Waals surface area contributed by atoms with Gasteiger partial charge in [0.25, 0.3) is 5.91 Å². The molecule has 0 unspecified atom stereocenters. The van der Waals surface area contributed by atoms with Gasteiger partial charge in [0.1, 0.15) is 10.8 Å². The predicted molar refractivity (Wildman–Crippen MR) is 101 cm³/mol. The number of halogens is 1. The monoisotopic (exact) mass is 370 g/mol. The van der Waals surface area contributed by atoms with E-state index in [4.69, 9.17) is 0 Å². The Morgan fingerprint density at radius 2 is 1.69 bits per heavy atom. The van der Waals surface area contributed by atoms with Crippen molar-refractivity contribution in [3.8, 4) is 0 Å². The lowest BCUT2D eigenvalue weighted by molar-refractivity contribution is 0.0827. The molecule has 0 saturated carbocycles. The average molecular weight is 370 g/mol. The van der Waals surface area contributed by atoms with Crippen molar-refractivity contribution in [2.24, 2.45) is 0 Å². The van der Waals surface area contributed by atoms with E-state index in [0.29, 0.717) is 18.5 Å². The third-order valence-electron chi connectivity index (χ3n) is 3.79. The molecule has 0 radical (unpaired) electrons. The Morgan fingerprint density at radius 1 is 1.04 bits per heavy atom. The molecule has 26 heavy (non-hydrogen) atoms. The van der Waals surface area contributed by atoms with Gasteiger partial charge in [-0.25, -0.2) is 4.39 Å². The van der Waals surface area contributed by atoms with E-state index in [1.54, 1.807) is 31.1 Å². The van der Waals surface area contributed by atoms with Gasteiger partial charge in [0, 0.05) is 32.6 Å². The molecule has 0 aliphatic heterocycles. The van der Waals surface area contributed by atoms with Crippen LogP contribution in [-0.4, -0.2) is 35.1 Å². The highest BCUT2D eigenvalue weighted by molar-refractivity contribution is 7.15. The number of carbonyl (C=O) groups excluding carboxylic acids is 1. The van der Waals surface area contributed by atoms with E-state index in [0.717, 1.165) is 21.3 Å². The van der Waals surface area contributed by atoms with Gasteiger partial charge in [0.05, 0.1) is 0 Å². The number of amides is 1. The van der Waals surface area contributed by atoms with Crippen molar-refractivity contribution < 1.29 is 9.18 Å². The molecule has 0 aliphatic rings. The zero-order chi connectivity index (χ0) is 18.5. The SMILES string of the molecule is CN(C)C(=O)c1ccc(CNc2nnc(Cc3ccc(F)cc3)s2)cc1. The van der Waals surface area contributed by atoms with Gasteiger partial charge in [0.15, 0.2) is 0 Å². The molecule has 5 nitrogen and oxygen atoms in total. The number of nitrogens with zero attached hydrogens (tertiary/aromatic N) is 3. The van der Waals surface area contributed by atoms with Crippen LogP contribution in [0, 0.1) is 5.82 Å². The maximum absolute atomic E-state index is 12.9. The lowest BCUT2D eigenvalue weighted by atomic mass is 10.1. The molecule has 1 heterocycles. The van der Waals surface area contributed by atoms with Crippen LogP contribution in [0.15, 0.2) is 48.5 Å². The third-order valence-corrected chi connectivity index (χ3v) is 4.67. The number of anilines is 1. The quantitative estimate of drug-likeness (QED) is 0.721. The van der Waals surface area contributed by atoms with E-state index in [1.165, 1.54) is 23.5 Å². The standard InChI is InChI=1S/C19H19FN4OS/c1-24(2)18(25)15-7-3-14(4-8-15)12-21-19-23-22-17(26-19)11-13-5-9-16(20)10-6-13/h3-10H,11-12H2,1-2H3,(H,21,23). The summed E-state index contributed by atoms with van der Waals surface area (Å²) in [4.78, 5) is 13.4. The molecular weight excluding hydrogens is 351 g/mol. The van der Waals surface area contributed by atoms with Crippen molar-refractivity contribution in [3.63, 3.8) is 0 Å².